The molecule has 7 nitrogen and oxygen atoms in total. The Kier molecular flexibility index (Phi) is 7.58. The van der Waals surface area contributed by atoms with Crippen LogP contribution in [0.15, 0.2) is 42.5 Å². The Hall–Kier alpha value is -3.35. The van der Waals surface area contributed by atoms with E-state index in [2.05, 4.69) is 16.0 Å². The standard InChI is InChI=1S/C23H29N3O4/c1-15-6-9-18(12-16(15)2)21(28)26-19-10-7-17(8-11-19)13-24-20(27)14-25-22(29)30-23(3,4)5/h6-12H,13-14H2,1-5H3,(H,24,27)(H,25,29)(H,26,28). The van der Waals surface area contributed by atoms with Crippen LogP contribution >= 0.6 is 0 Å². The summed E-state index contributed by atoms with van der Waals surface area (Å²) in [6.45, 7) is 9.36. The summed E-state index contributed by atoms with van der Waals surface area (Å²) in [7, 11) is 0. The predicted octanol–water partition coefficient (Wildman–Crippen LogP) is 3.70. The summed E-state index contributed by atoms with van der Waals surface area (Å²) in [4.78, 5) is 35.8. The highest BCUT2D eigenvalue weighted by Crippen LogP contribution is 2.14. The number of aryl methyl sites for hydroxylation is 2. The average molecular weight is 412 g/mol. The monoisotopic (exact) mass is 411 g/mol. The molecule has 3 N–H and O–H groups in total. The summed E-state index contributed by atoms with van der Waals surface area (Å²) in [5, 5.41) is 7.99. The van der Waals surface area contributed by atoms with E-state index in [1.807, 2.05) is 38.1 Å². The van der Waals surface area contributed by atoms with Gasteiger partial charge in [0.2, 0.25) is 5.91 Å². The largest absolute Gasteiger partial charge is 0.444 e. The van der Waals surface area contributed by atoms with E-state index in [-0.39, 0.29) is 18.4 Å². The van der Waals surface area contributed by atoms with Crippen molar-refractivity contribution in [2.24, 2.45) is 0 Å². The van der Waals surface area contributed by atoms with Crippen LogP contribution in [0.1, 0.15) is 47.8 Å². The second-order valence-corrected chi connectivity index (χ2v) is 8.08. The molecule has 3 amide bonds. The molecule has 0 saturated carbocycles. The van der Waals surface area contributed by atoms with Gasteiger partial charge in [0.1, 0.15) is 12.1 Å². The minimum Gasteiger partial charge on any atom is -0.444 e. The van der Waals surface area contributed by atoms with Gasteiger partial charge in [-0.3, -0.25) is 9.59 Å². The van der Waals surface area contributed by atoms with Gasteiger partial charge >= 0.3 is 6.09 Å². The van der Waals surface area contributed by atoms with E-state index in [1.54, 1.807) is 39.0 Å². The second-order valence-electron chi connectivity index (χ2n) is 8.08. The van der Waals surface area contributed by atoms with Gasteiger partial charge in [-0.15, -0.1) is 0 Å². The number of carbonyl (C=O) groups excluding carboxylic acids is 3. The van der Waals surface area contributed by atoms with Crippen LogP contribution in [0, 0.1) is 13.8 Å². The number of anilines is 1. The second kappa shape index (κ2) is 9.91. The predicted molar refractivity (Wildman–Crippen MR) is 116 cm³/mol. The third kappa shape index (κ3) is 7.58. The Labute approximate surface area is 177 Å². The van der Waals surface area contributed by atoms with E-state index in [4.69, 9.17) is 4.74 Å². The Morgan fingerprint density at radius 1 is 0.900 bits per heavy atom. The first-order valence-corrected chi connectivity index (χ1v) is 9.74. The zero-order valence-electron chi connectivity index (χ0n) is 18.1. The summed E-state index contributed by atoms with van der Waals surface area (Å²) >= 11 is 0. The summed E-state index contributed by atoms with van der Waals surface area (Å²) in [6.07, 6.45) is -0.637. The summed E-state index contributed by atoms with van der Waals surface area (Å²) in [5.41, 5.74) is 3.72. The molecule has 0 radical (unpaired) electrons. The van der Waals surface area contributed by atoms with Crippen molar-refractivity contribution in [3.05, 3.63) is 64.7 Å². The quantitative estimate of drug-likeness (QED) is 0.675. The first-order chi connectivity index (χ1) is 14.0. The van der Waals surface area contributed by atoms with Crippen LogP contribution in [0.25, 0.3) is 0 Å². The molecule has 2 aromatic carbocycles. The molecule has 2 aromatic rings. The zero-order chi connectivity index (χ0) is 22.3. The first kappa shape index (κ1) is 22.9. The van der Waals surface area contributed by atoms with Crippen LogP contribution in [0.5, 0.6) is 0 Å². The summed E-state index contributed by atoms with van der Waals surface area (Å²) in [6, 6.07) is 12.8. The number of hydrogen-bond donors (Lipinski definition) is 3. The van der Waals surface area contributed by atoms with E-state index in [0.29, 0.717) is 17.8 Å². The van der Waals surface area contributed by atoms with Crippen LogP contribution < -0.4 is 16.0 Å². The number of ether oxygens (including phenoxy) is 1. The van der Waals surface area contributed by atoms with Gasteiger partial charge in [0.25, 0.3) is 5.91 Å². The molecule has 30 heavy (non-hydrogen) atoms. The van der Waals surface area contributed by atoms with Gasteiger partial charge in [-0.2, -0.15) is 0 Å². The topological polar surface area (TPSA) is 96.5 Å². The minimum atomic E-state index is -0.637. The normalized spacial score (nSPS) is 10.8. The highest BCUT2D eigenvalue weighted by atomic mass is 16.6. The van der Waals surface area contributed by atoms with Crippen molar-refractivity contribution in [3.63, 3.8) is 0 Å². The molecule has 2 rings (SSSR count). The van der Waals surface area contributed by atoms with Crippen molar-refractivity contribution >= 4 is 23.6 Å². The number of rotatable bonds is 6. The lowest BCUT2D eigenvalue weighted by Gasteiger charge is -2.19. The Morgan fingerprint density at radius 3 is 2.17 bits per heavy atom. The number of benzene rings is 2. The molecule has 0 bridgehead atoms. The van der Waals surface area contributed by atoms with Crippen molar-refractivity contribution < 1.29 is 19.1 Å². The van der Waals surface area contributed by atoms with Crippen LogP contribution in [0.4, 0.5) is 10.5 Å². The van der Waals surface area contributed by atoms with Gasteiger partial charge < -0.3 is 20.7 Å². The van der Waals surface area contributed by atoms with Crippen molar-refractivity contribution in [1.29, 1.82) is 0 Å². The van der Waals surface area contributed by atoms with Gasteiger partial charge in [0, 0.05) is 17.8 Å². The van der Waals surface area contributed by atoms with Gasteiger partial charge in [-0.05, 0) is 75.6 Å². The number of carbonyl (C=O) groups is 3. The molecule has 0 aliphatic carbocycles. The number of hydrogen-bond acceptors (Lipinski definition) is 4. The molecule has 0 fully saturated rings. The fourth-order valence-electron chi connectivity index (χ4n) is 2.52. The van der Waals surface area contributed by atoms with Gasteiger partial charge in [-0.25, -0.2) is 4.79 Å². The SMILES string of the molecule is Cc1ccc(C(=O)Nc2ccc(CNC(=O)CNC(=O)OC(C)(C)C)cc2)cc1C. The molecule has 0 saturated heterocycles. The third-order valence-electron chi connectivity index (χ3n) is 4.26. The molecular weight excluding hydrogens is 382 g/mol. The summed E-state index contributed by atoms with van der Waals surface area (Å²) in [5.74, 6) is -0.500. The van der Waals surface area contributed by atoms with E-state index in [9.17, 15) is 14.4 Å². The van der Waals surface area contributed by atoms with Crippen LogP contribution in [-0.4, -0.2) is 30.1 Å². The van der Waals surface area contributed by atoms with Crippen LogP contribution in [0.3, 0.4) is 0 Å². The van der Waals surface area contributed by atoms with Crippen molar-refractivity contribution in [3.8, 4) is 0 Å². The molecule has 160 valence electrons. The Morgan fingerprint density at radius 2 is 1.57 bits per heavy atom. The van der Waals surface area contributed by atoms with Gasteiger partial charge in [0.05, 0.1) is 0 Å². The lowest BCUT2D eigenvalue weighted by molar-refractivity contribution is -0.120. The van der Waals surface area contributed by atoms with Gasteiger partial charge in [-0.1, -0.05) is 18.2 Å². The summed E-state index contributed by atoms with van der Waals surface area (Å²) < 4.78 is 5.08. The molecule has 0 unspecified atom stereocenters. The fourth-order valence-corrected chi connectivity index (χ4v) is 2.52. The van der Waals surface area contributed by atoms with E-state index in [0.717, 1.165) is 16.7 Å². The Balaban J connectivity index is 1.80. The highest BCUT2D eigenvalue weighted by molar-refractivity contribution is 6.04. The highest BCUT2D eigenvalue weighted by Gasteiger charge is 2.16. The number of alkyl carbamates (subject to hydrolysis) is 1. The minimum absolute atomic E-state index is 0.168. The maximum atomic E-state index is 12.4. The van der Waals surface area contributed by atoms with Crippen molar-refractivity contribution in [2.75, 3.05) is 11.9 Å². The smallest absolute Gasteiger partial charge is 0.408 e. The molecular formula is C23H29N3O4. The molecule has 0 spiro atoms. The number of nitrogens with one attached hydrogen (secondary N) is 3. The maximum Gasteiger partial charge on any atom is 0.408 e. The molecule has 0 aliphatic rings. The fraction of sp³-hybridized carbons (Fsp3) is 0.348. The van der Waals surface area contributed by atoms with E-state index >= 15 is 0 Å². The number of amides is 3. The zero-order valence-corrected chi connectivity index (χ0v) is 18.1. The average Bonchev–Trinajstić information content (AvgIpc) is 2.66. The van der Waals surface area contributed by atoms with Crippen molar-refractivity contribution in [2.45, 2.75) is 46.8 Å². The lowest BCUT2D eigenvalue weighted by Crippen LogP contribution is -2.39. The molecule has 0 heterocycles. The first-order valence-electron chi connectivity index (χ1n) is 9.74. The molecule has 0 aromatic heterocycles. The van der Waals surface area contributed by atoms with Crippen LogP contribution in [-0.2, 0) is 16.1 Å². The van der Waals surface area contributed by atoms with Crippen molar-refractivity contribution in [1.82, 2.24) is 10.6 Å². The van der Waals surface area contributed by atoms with Crippen LogP contribution in [0.2, 0.25) is 0 Å². The van der Waals surface area contributed by atoms with E-state index < -0.39 is 11.7 Å². The Bertz CT molecular complexity index is 915. The van der Waals surface area contributed by atoms with Gasteiger partial charge in [0.15, 0.2) is 0 Å². The molecule has 0 aliphatic heterocycles. The third-order valence-corrected chi connectivity index (χ3v) is 4.26. The lowest BCUT2D eigenvalue weighted by atomic mass is 10.1. The van der Waals surface area contributed by atoms with E-state index in [1.165, 1.54) is 0 Å². The maximum absolute atomic E-state index is 12.4. The molecule has 7 heteroatoms. The molecule has 0 atom stereocenters.